The fraction of sp³-hybridized carbons (Fsp3) is 0.267. The molecule has 1 aromatic carbocycles. The van der Waals surface area contributed by atoms with Gasteiger partial charge in [-0.15, -0.1) is 0 Å². The van der Waals surface area contributed by atoms with E-state index < -0.39 is 0 Å². The van der Waals surface area contributed by atoms with E-state index in [9.17, 15) is 4.79 Å². The fourth-order valence-electron chi connectivity index (χ4n) is 2.45. The molecule has 1 amide bonds. The maximum absolute atomic E-state index is 12.5. The van der Waals surface area contributed by atoms with Crippen molar-refractivity contribution in [2.24, 2.45) is 0 Å². The first-order valence-electron chi connectivity index (χ1n) is 6.60. The zero-order valence-electron chi connectivity index (χ0n) is 11.5. The highest BCUT2D eigenvalue weighted by molar-refractivity contribution is 7.98. The molecule has 1 aromatic heterocycles. The van der Waals surface area contributed by atoms with Crippen LogP contribution in [0.5, 0.6) is 0 Å². The van der Waals surface area contributed by atoms with Gasteiger partial charge in [0.25, 0.3) is 5.91 Å². The van der Waals surface area contributed by atoms with Crippen LogP contribution in [0.25, 0.3) is 0 Å². The summed E-state index contributed by atoms with van der Waals surface area (Å²) in [6.45, 7) is 1.25. The number of fused-ring (bicyclic) bond motifs is 1. The lowest BCUT2D eigenvalue weighted by molar-refractivity contribution is 0.0733. The van der Waals surface area contributed by atoms with E-state index in [2.05, 4.69) is 9.97 Å². The molecule has 0 bridgehead atoms. The van der Waals surface area contributed by atoms with Gasteiger partial charge in [-0.05, 0) is 29.9 Å². The van der Waals surface area contributed by atoms with Crippen LogP contribution in [0.1, 0.15) is 21.5 Å². The van der Waals surface area contributed by atoms with Crippen molar-refractivity contribution in [2.45, 2.75) is 18.1 Å². The monoisotopic (exact) mass is 319 g/mol. The lowest BCUT2D eigenvalue weighted by atomic mass is 9.99. The Morgan fingerprint density at radius 1 is 1.33 bits per heavy atom. The van der Waals surface area contributed by atoms with Gasteiger partial charge in [0.05, 0.1) is 5.56 Å². The standard InChI is InChI=1S/C15H14ClN3OS/c1-21-15-17-7-11(8-18-15)14(20)19-6-5-12-10(9-19)3-2-4-13(12)16/h2-4,7-8H,5-6,9H2,1H3. The number of amides is 1. The molecule has 0 fully saturated rings. The summed E-state index contributed by atoms with van der Waals surface area (Å²) >= 11 is 7.65. The van der Waals surface area contributed by atoms with Gasteiger partial charge in [-0.2, -0.15) is 0 Å². The van der Waals surface area contributed by atoms with Gasteiger partial charge in [-0.25, -0.2) is 9.97 Å². The summed E-state index contributed by atoms with van der Waals surface area (Å²) in [7, 11) is 0. The Kier molecular flexibility index (Phi) is 4.12. The van der Waals surface area contributed by atoms with E-state index in [-0.39, 0.29) is 5.91 Å². The Balaban J connectivity index is 1.80. The molecule has 0 unspecified atom stereocenters. The van der Waals surface area contributed by atoms with E-state index >= 15 is 0 Å². The number of nitrogens with zero attached hydrogens (tertiary/aromatic N) is 3. The van der Waals surface area contributed by atoms with Crippen molar-refractivity contribution in [3.63, 3.8) is 0 Å². The van der Waals surface area contributed by atoms with E-state index in [4.69, 9.17) is 11.6 Å². The first-order valence-corrected chi connectivity index (χ1v) is 8.21. The third-order valence-electron chi connectivity index (χ3n) is 3.55. The number of benzene rings is 1. The molecular weight excluding hydrogens is 306 g/mol. The van der Waals surface area contributed by atoms with Crippen LogP contribution in [-0.2, 0) is 13.0 Å². The molecule has 0 saturated carbocycles. The number of hydrogen-bond donors (Lipinski definition) is 0. The number of aromatic nitrogens is 2. The second kappa shape index (κ2) is 6.03. The van der Waals surface area contributed by atoms with Crippen LogP contribution in [0.4, 0.5) is 0 Å². The minimum atomic E-state index is -0.0340. The Hall–Kier alpha value is -1.59. The molecule has 1 aliphatic rings. The maximum atomic E-state index is 12.5. The van der Waals surface area contributed by atoms with E-state index in [1.54, 1.807) is 12.4 Å². The zero-order chi connectivity index (χ0) is 14.8. The number of rotatable bonds is 2. The predicted molar refractivity (Wildman–Crippen MR) is 83.7 cm³/mol. The van der Waals surface area contributed by atoms with Gasteiger partial charge < -0.3 is 4.90 Å². The van der Waals surface area contributed by atoms with Crippen LogP contribution in [0.2, 0.25) is 5.02 Å². The minimum absolute atomic E-state index is 0.0340. The predicted octanol–water partition coefficient (Wildman–Crippen LogP) is 3.05. The average molecular weight is 320 g/mol. The molecule has 4 nitrogen and oxygen atoms in total. The third-order valence-corrected chi connectivity index (χ3v) is 4.48. The Bertz CT molecular complexity index is 675. The molecule has 0 aliphatic carbocycles. The van der Waals surface area contributed by atoms with E-state index in [0.717, 1.165) is 22.6 Å². The Labute approximate surface area is 132 Å². The fourth-order valence-corrected chi connectivity index (χ4v) is 3.06. The molecule has 0 radical (unpaired) electrons. The number of thioether (sulfide) groups is 1. The molecule has 0 spiro atoms. The molecule has 0 N–H and O–H groups in total. The quantitative estimate of drug-likeness (QED) is 0.630. The molecule has 2 aromatic rings. The second-order valence-electron chi connectivity index (χ2n) is 4.81. The van der Waals surface area contributed by atoms with Crippen molar-refractivity contribution in [1.82, 2.24) is 14.9 Å². The normalized spacial score (nSPS) is 13.9. The van der Waals surface area contributed by atoms with Crippen LogP contribution >= 0.6 is 23.4 Å². The topological polar surface area (TPSA) is 46.1 Å². The summed E-state index contributed by atoms with van der Waals surface area (Å²) in [5.41, 5.74) is 2.79. The molecule has 108 valence electrons. The third kappa shape index (κ3) is 2.89. The van der Waals surface area contributed by atoms with Crippen molar-refractivity contribution < 1.29 is 4.79 Å². The number of hydrogen-bond acceptors (Lipinski definition) is 4. The molecule has 3 rings (SSSR count). The zero-order valence-corrected chi connectivity index (χ0v) is 13.1. The maximum Gasteiger partial charge on any atom is 0.257 e. The van der Waals surface area contributed by atoms with Crippen molar-refractivity contribution in [3.8, 4) is 0 Å². The number of carbonyl (C=O) groups is 1. The van der Waals surface area contributed by atoms with Gasteiger partial charge in [0.2, 0.25) is 0 Å². The lowest BCUT2D eigenvalue weighted by Gasteiger charge is -2.29. The molecular formula is C15H14ClN3OS. The van der Waals surface area contributed by atoms with Crippen molar-refractivity contribution in [3.05, 3.63) is 52.3 Å². The van der Waals surface area contributed by atoms with E-state index in [1.165, 1.54) is 11.8 Å². The van der Waals surface area contributed by atoms with E-state index in [0.29, 0.717) is 23.8 Å². The smallest absolute Gasteiger partial charge is 0.257 e. The van der Waals surface area contributed by atoms with Gasteiger partial charge in [0, 0.05) is 30.5 Å². The van der Waals surface area contributed by atoms with Crippen LogP contribution in [0.3, 0.4) is 0 Å². The minimum Gasteiger partial charge on any atom is -0.334 e. The number of halogens is 1. The Morgan fingerprint density at radius 3 is 2.81 bits per heavy atom. The van der Waals surface area contributed by atoms with Crippen LogP contribution in [0.15, 0.2) is 35.7 Å². The largest absolute Gasteiger partial charge is 0.334 e. The lowest BCUT2D eigenvalue weighted by Crippen LogP contribution is -2.36. The van der Waals surface area contributed by atoms with Crippen LogP contribution in [0, 0.1) is 0 Å². The van der Waals surface area contributed by atoms with Gasteiger partial charge in [0.1, 0.15) is 0 Å². The van der Waals surface area contributed by atoms with Crippen molar-refractivity contribution in [2.75, 3.05) is 12.8 Å². The summed E-state index contributed by atoms with van der Waals surface area (Å²) in [6, 6.07) is 5.84. The first kappa shape index (κ1) is 14.4. The summed E-state index contributed by atoms with van der Waals surface area (Å²) in [4.78, 5) is 22.6. The summed E-state index contributed by atoms with van der Waals surface area (Å²) in [5.74, 6) is -0.0340. The van der Waals surface area contributed by atoms with E-state index in [1.807, 2.05) is 29.4 Å². The summed E-state index contributed by atoms with van der Waals surface area (Å²) in [5, 5.41) is 1.45. The highest BCUT2D eigenvalue weighted by Gasteiger charge is 2.23. The van der Waals surface area contributed by atoms with Crippen LogP contribution in [-0.4, -0.2) is 33.6 Å². The molecule has 2 heterocycles. The molecule has 6 heteroatoms. The molecule has 0 saturated heterocycles. The van der Waals surface area contributed by atoms with Crippen molar-refractivity contribution in [1.29, 1.82) is 0 Å². The van der Waals surface area contributed by atoms with Crippen molar-refractivity contribution >= 4 is 29.3 Å². The average Bonchev–Trinajstić information content (AvgIpc) is 2.54. The highest BCUT2D eigenvalue weighted by atomic mass is 35.5. The van der Waals surface area contributed by atoms with Gasteiger partial charge in [-0.1, -0.05) is 35.5 Å². The van der Waals surface area contributed by atoms with Gasteiger partial charge in [-0.3, -0.25) is 4.79 Å². The first-order chi connectivity index (χ1) is 10.2. The van der Waals surface area contributed by atoms with Gasteiger partial charge in [0.15, 0.2) is 5.16 Å². The number of carbonyl (C=O) groups excluding carboxylic acids is 1. The second-order valence-corrected chi connectivity index (χ2v) is 5.99. The molecule has 0 atom stereocenters. The Morgan fingerprint density at radius 2 is 2.10 bits per heavy atom. The van der Waals surface area contributed by atoms with Gasteiger partial charge >= 0.3 is 0 Å². The highest BCUT2D eigenvalue weighted by Crippen LogP contribution is 2.26. The van der Waals surface area contributed by atoms with Crippen LogP contribution < -0.4 is 0 Å². The summed E-state index contributed by atoms with van der Waals surface area (Å²) in [6.07, 6.45) is 5.87. The molecule has 21 heavy (non-hydrogen) atoms. The SMILES string of the molecule is CSc1ncc(C(=O)N2CCc3c(Cl)cccc3C2)cn1. The molecule has 1 aliphatic heterocycles. The summed E-state index contributed by atoms with van der Waals surface area (Å²) < 4.78 is 0.